The molecule has 0 N–H and O–H groups in total. The van der Waals surface area contributed by atoms with Gasteiger partial charge in [-0.25, -0.2) is 8.42 Å². The van der Waals surface area contributed by atoms with Crippen molar-refractivity contribution in [1.82, 2.24) is 4.31 Å². The van der Waals surface area contributed by atoms with Crippen LogP contribution >= 0.6 is 15.9 Å². The van der Waals surface area contributed by atoms with Crippen molar-refractivity contribution in [2.75, 3.05) is 13.1 Å². The van der Waals surface area contributed by atoms with Crippen LogP contribution in [0.2, 0.25) is 0 Å². The van der Waals surface area contributed by atoms with Crippen LogP contribution in [0.5, 0.6) is 0 Å². The van der Waals surface area contributed by atoms with Crippen LogP contribution in [-0.4, -0.2) is 36.4 Å². The predicted molar refractivity (Wildman–Crippen MR) is 83.9 cm³/mol. The molecule has 21 heavy (non-hydrogen) atoms. The van der Waals surface area contributed by atoms with Gasteiger partial charge in [0.05, 0.1) is 9.22 Å². The van der Waals surface area contributed by atoms with E-state index in [2.05, 4.69) is 15.9 Å². The molecular weight excluding hydrogens is 354 g/mol. The fraction of sp³-hybridized carbons (Fsp3) is 0.533. The molecule has 1 aliphatic heterocycles. The van der Waals surface area contributed by atoms with Gasteiger partial charge in [0.1, 0.15) is 6.29 Å². The van der Waals surface area contributed by atoms with Gasteiger partial charge in [-0.1, -0.05) is 33.6 Å². The van der Waals surface area contributed by atoms with Gasteiger partial charge in [-0.2, -0.15) is 4.31 Å². The van der Waals surface area contributed by atoms with E-state index in [-0.39, 0.29) is 9.74 Å². The minimum atomic E-state index is -3.49. The molecule has 4 nitrogen and oxygen atoms in total. The summed E-state index contributed by atoms with van der Waals surface area (Å²) in [4.78, 5) is 11.7. The number of benzene rings is 1. The molecule has 1 saturated heterocycles. The number of carbonyl (C=O) groups excluding carboxylic acids is 1. The molecule has 0 aromatic heterocycles. The predicted octanol–water partition coefficient (Wildman–Crippen LogP) is 2.50. The van der Waals surface area contributed by atoms with Crippen molar-refractivity contribution in [3.05, 3.63) is 29.8 Å². The third-order valence-corrected chi connectivity index (χ3v) is 7.88. The van der Waals surface area contributed by atoms with Gasteiger partial charge in [0, 0.05) is 18.5 Å². The number of sulfonamides is 1. The number of aryl methyl sites for hydroxylation is 1. The molecule has 2 aliphatic rings. The number of fused-ring (bicyclic) bond motifs is 1. The topological polar surface area (TPSA) is 54.5 Å². The summed E-state index contributed by atoms with van der Waals surface area (Å²) in [6.07, 6.45) is 3.20. The minimum Gasteiger partial charge on any atom is -0.303 e. The molecule has 1 aromatic rings. The van der Waals surface area contributed by atoms with E-state index in [1.807, 2.05) is 6.92 Å². The Morgan fingerprint density at radius 3 is 2.57 bits per heavy atom. The van der Waals surface area contributed by atoms with Crippen molar-refractivity contribution in [3.8, 4) is 0 Å². The summed E-state index contributed by atoms with van der Waals surface area (Å²) in [6.45, 7) is 2.76. The van der Waals surface area contributed by atoms with E-state index in [4.69, 9.17) is 0 Å². The highest BCUT2D eigenvalue weighted by molar-refractivity contribution is 9.10. The fourth-order valence-corrected chi connectivity index (χ4v) is 5.98. The van der Waals surface area contributed by atoms with Gasteiger partial charge in [-0.05, 0) is 38.3 Å². The van der Waals surface area contributed by atoms with Gasteiger partial charge in [-0.15, -0.1) is 0 Å². The van der Waals surface area contributed by atoms with Crippen LogP contribution < -0.4 is 0 Å². The van der Waals surface area contributed by atoms with Crippen LogP contribution in [0.1, 0.15) is 24.8 Å². The van der Waals surface area contributed by atoms with Crippen LogP contribution in [0.25, 0.3) is 0 Å². The first-order valence-corrected chi connectivity index (χ1v) is 9.28. The summed E-state index contributed by atoms with van der Waals surface area (Å²) in [5.41, 5.74) is 0.661. The molecule has 0 bridgehead atoms. The number of carbonyl (C=O) groups is 1. The molecule has 0 radical (unpaired) electrons. The van der Waals surface area contributed by atoms with E-state index in [0.29, 0.717) is 18.0 Å². The maximum Gasteiger partial charge on any atom is 0.243 e. The lowest BCUT2D eigenvalue weighted by atomic mass is 10.0. The van der Waals surface area contributed by atoms with Crippen LogP contribution in [0.3, 0.4) is 0 Å². The van der Waals surface area contributed by atoms with E-state index in [0.717, 1.165) is 31.1 Å². The van der Waals surface area contributed by atoms with Gasteiger partial charge in [0.25, 0.3) is 0 Å². The maximum absolute atomic E-state index is 12.8. The average molecular weight is 372 g/mol. The molecule has 1 aromatic carbocycles. The van der Waals surface area contributed by atoms with Gasteiger partial charge >= 0.3 is 0 Å². The Kier molecular flexibility index (Phi) is 3.54. The van der Waals surface area contributed by atoms with Crippen molar-refractivity contribution < 1.29 is 13.2 Å². The number of rotatable bonds is 3. The molecule has 1 heterocycles. The first kappa shape index (κ1) is 15.2. The zero-order valence-electron chi connectivity index (χ0n) is 11.9. The van der Waals surface area contributed by atoms with Crippen molar-refractivity contribution in [1.29, 1.82) is 0 Å². The Hall–Kier alpha value is -0.720. The second kappa shape index (κ2) is 4.89. The van der Waals surface area contributed by atoms with Gasteiger partial charge in [0.15, 0.2) is 0 Å². The van der Waals surface area contributed by atoms with Crippen molar-refractivity contribution in [2.24, 2.45) is 5.41 Å². The normalized spacial score (nSPS) is 33.0. The summed E-state index contributed by atoms with van der Waals surface area (Å²) in [7, 11) is -3.49. The van der Waals surface area contributed by atoms with E-state index in [9.17, 15) is 13.2 Å². The van der Waals surface area contributed by atoms with Crippen LogP contribution in [0.4, 0.5) is 0 Å². The van der Waals surface area contributed by atoms with E-state index in [1.165, 1.54) is 4.31 Å². The Balaban J connectivity index is 1.90. The Labute approximate surface area is 133 Å². The summed E-state index contributed by atoms with van der Waals surface area (Å²) in [5.74, 6) is 0. The SMILES string of the molecule is Cc1ccc(S(=O)(=O)N2CCC[C@]3(C=O)C[C@]3(Br)C2)cc1. The van der Waals surface area contributed by atoms with Crippen LogP contribution in [0.15, 0.2) is 29.2 Å². The van der Waals surface area contributed by atoms with Gasteiger partial charge < -0.3 is 4.79 Å². The lowest BCUT2D eigenvalue weighted by molar-refractivity contribution is -0.112. The van der Waals surface area contributed by atoms with Crippen molar-refractivity contribution in [2.45, 2.75) is 35.4 Å². The quantitative estimate of drug-likeness (QED) is 0.605. The Morgan fingerprint density at radius 1 is 1.29 bits per heavy atom. The summed E-state index contributed by atoms with van der Waals surface area (Å²) in [5, 5.41) is 0. The molecule has 0 unspecified atom stereocenters. The van der Waals surface area contributed by atoms with Gasteiger partial charge in [-0.3, -0.25) is 0 Å². The third kappa shape index (κ3) is 2.37. The van der Waals surface area contributed by atoms with Gasteiger partial charge in [0.2, 0.25) is 10.0 Å². The number of alkyl halides is 1. The van der Waals surface area contributed by atoms with E-state index in [1.54, 1.807) is 24.3 Å². The highest BCUT2D eigenvalue weighted by atomic mass is 79.9. The van der Waals surface area contributed by atoms with E-state index >= 15 is 0 Å². The summed E-state index contributed by atoms with van der Waals surface area (Å²) < 4.78 is 26.7. The van der Waals surface area contributed by atoms with Crippen LogP contribution in [-0.2, 0) is 14.8 Å². The Bertz CT molecular complexity index is 673. The molecule has 6 heteroatoms. The summed E-state index contributed by atoms with van der Waals surface area (Å²) >= 11 is 3.61. The molecule has 2 fully saturated rings. The molecule has 1 aliphatic carbocycles. The number of aldehydes is 1. The smallest absolute Gasteiger partial charge is 0.243 e. The van der Waals surface area contributed by atoms with Crippen molar-refractivity contribution in [3.63, 3.8) is 0 Å². The molecule has 1 saturated carbocycles. The lowest BCUT2D eigenvalue weighted by Crippen LogP contribution is -2.37. The maximum atomic E-state index is 12.8. The molecular formula is C15H18BrNO3S. The second-order valence-corrected chi connectivity index (χ2v) is 9.63. The molecule has 0 spiro atoms. The first-order chi connectivity index (χ1) is 9.83. The summed E-state index contributed by atoms with van der Waals surface area (Å²) in [6, 6.07) is 6.91. The fourth-order valence-electron chi connectivity index (χ4n) is 3.18. The zero-order valence-corrected chi connectivity index (χ0v) is 14.3. The van der Waals surface area contributed by atoms with E-state index < -0.39 is 10.0 Å². The zero-order chi connectivity index (χ0) is 15.3. The first-order valence-electron chi connectivity index (χ1n) is 7.05. The van der Waals surface area contributed by atoms with Crippen LogP contribution in [0, 0.1) is 12.3 Å². The highest BCUT2D eigenvalue weighted by Crippen LogP contribution is 2.65. The largest absolute Gasteiger partial charge is 0.303 e. The lowest BCUT2D eigenvalue weighted by Gasteiger charge is -2.23. The molecule has 114 valence electrons. The number of halogens is 1. The monoisotopic (exact) mass is 371 g/mol. The second-order valence-electron chi connectivity index (χ2n) is 6.17. The molecule has 0 amide bonds. The number of hydrogen-bond donors (Lipinski definition) is 0. The Morgan fingerprint density at radius 2 is 1.95 bits per heavy atom. The highest BCUT2D eigenvalue weighted by Gasteiger charge is 2.67. The standard InChI is InChI=1S/C15H18BrNO3S/c1-12-3-5-13(6-4-12)21(19,20)17-8-2-7-14(11-18)9-15(14,16)10-17/h3-6,11H,2,7-10H2,1H3/t14-,15+/m1/s1. The number of nitrogens with zero attached hydrogens (tertiary/aromatic N) is 1. The number of hydrogen-bond acceptors (Lipinski definition) is 3. The molecule has 3 rings (SSSR count). The molecule has 2 atom stereocenters. The van der Waals surface area contributed by atoms with Crippen molar-refractivity contribution >= 4 is 32.2 Å². The average Bonchev–Trinajstić information content (AvgIpc) is 3.05. The minimum absolute atomic E-state index is 0.323. The third-order valence-electron chi connectivity index (χ3n) is 4.70.